The summed E-state index contributed by atoms with van der Waals surface area (Å²) in [5.41, 5.74) is 1.91. The summed E-state index contributed by atoms with van der Waals surface area (Å²) in [7, 11) is 3.16. The van der Waals surface area contributed by atoms with Crippen molar-refractivity contribution in [3.63, 3.8) is 0 Å². The lowest BCUT2D eigenvalue weighted by atomic mass is 9.80. The summed E-state index contributed by atoms with van der Waals surface area (Å²) in [6.45, 7) is 0. The molecule has 2 heterocycles. The number of benzene rings is 2. The SMILES string of the molecule is COc1ccc(OC)c(NC(=O)[C@@H]2c3ccccc3C(=O)N(C3CCCC3)[C@@H]2c2cccs2)c1. The molecule has 1 fully saturated rings. The fourth-order valence-electron chi connectivity index (χ4n) is 5.30. The van der Waals surface area contributed by atoms with Crippen LogP contribution in [-0.2, 0) is 4.79 Å². The normalized spacial score (nSPS) is 20.2. The molecular formula is C27H28N2O4S. The maximum atomic E-state index is 14.0. The number of methoxy groups -OCH3 is 2. The van der Waals surface area contributed by atoms with Gasteiger partial charge in [0.15, 0.2) is 0 Å². The average molecular weight is 477 g/mol. The molecule has 2 aromatic carbocycles. The van der Waals surface area contributed by atoms with Crippen LogP contribution in [0.25, 0.3) is 0 Å². The van der Waals surface area contributed by atoms with E-state index in [4.69, 9.17) is 9.47 Å². The van der Waals surface area contributed by atoms with Gasteiger partial charge in [0.1, 0.15) is 11.5 Å². The van der Waals surface area contributed by atoms with Crippen LogP contribution in [0, 0.1) is 0 Å². The van der Waals surface area contributed by atoms with E-state index in [0.29, 0.717) is 22.7 Å². The molecule has 0 spiro atoms. The van der Waals surface area contributed by atoms with E-state index < -0.39 is 5.92 Å². The molecule has 1 aliphatic carbocycles. The summed E-state index contributed by atoms with van der Waals surface area (Å²) in [5.74, 6) is 0.466. The minimum absolute atomic E-state index is 0.0175. The summed E-state index contributed by atoms with van der Waals surface area (Å²) in [4.78, 5) is 30.8. The minimum Gasteiger partial charge on any atom is -0.497 e. The van der Waals surface area contributed by atoms with Gasteiger partial charge in [-0.1, -0.05) is 37.1 Å². The number of nitrogens with zero attached hydrogens (tertiary/aromatic N) is 1. The van der Waals surface area contributed by atoms with Crippen molar-refractivity contribution in [3.8, 4) is 11.5 Å². The fourth-order valence-corrected chi connectivity index (χ4v) is 6.16. The Balaban J connectivity index is 1.61. The molecule has 1 aromatic heterocycles. The van der Waals surface area contributed by atoms with Gasteiger partial charge >= 0.3 is 0 Å². The number of amides is 2. The number of carbonyl (C=O) groups excluding carboxylic acids is 2. The van der Waals surface area contributed by atoms with Crippen LogP contribution >= 0.6 is 11.3 Å². The first-order valence-corrected chi connectivity index (χ1v) is 12.5. The van der Waals surface area contributed by atoms with E-state index in [1.807, 2.05) is 46.7 Å². The first-order chi connectivity index (χ1) is 16.6. The molecule has 5 rings (SSSR count). The van der Waals surface area contributed by atoms with Crippen LogP contribution in [0.2, 0.25) is 0 Å². The van der Waals surface area contributed by atoms with E-state index in [9.17, 15) is 9.59 Å². The third kappa shape index (κ3) is 3.94. The van der Waals surface area contributed by atoms with Crippen molar-refractivity contribution >= 4 is 28.8 Å². The zero-order chi connectivity index (χ0) is 23.7. The number of hydrogen-bond acceptors (Lipinski definition) is 5. The van der Waals surface area contributed by atoms with Crippen LogP contribution in [0.15, 0.2) is 60.0 Å². The number of ether oxygens (including phenoxy) is 2. The van der Waals surface area contributed by atoms with Crippen LogP contribution < -0.4 is 14.8 Å². The third-order valence-electron chi connectivity index (χ3n) is 6.88. The van der Waals surface area contributed by atoms with Crippen molar-refractivity contribution in [2.24, 2.45) is 0 Å². The van der Waals surface area contributed by atoms with E-state index in [1.54, 1.807) is 43.8 Å². The van der Waals surface area contributed by atoms with Crippen molar-refractivity contribution in [1.29, 1.82) is 0 Å². The van der Waals surface area contributed by atoms with Crippen molar-refractivity contribution in [2.75, 3.05) is 19.5 Å². The van der Waals surface area contributed by atoms with Gasteiger partial charge in [0.05, 0.1) is 31.9 Å². The Bertz CT molecular complexity index is 1190. The maximum absolute atomic E-state index is 14.0. The third-order valence-corrected chi connectivity index (χ3v) is 7.82. The lowest BCUT2D eigenvalue weighted by Crippen LogP contribution is -2.49. The monoisotopic (exact) mass is 476 g/mol. The summed E-state index contributed by atoms with van der Waals surface area (Å²) >= 11 is 1.59. The van der Waals surface area contributed by atoms with E-state index in [0.717, 1.165) is 36.1 Å². The Morgan fingerprint density at radius 3 is 2.53 bits per heavy atom. The Morgan fingerprint density at radius 2 is 1.82 bits per heavy atom. The molecule has 0 radical (unpaired) electrons. The van der Waals surface area contributed by atoms with Gasteiger partial charge in [0.25, 0.3) is 5.91 Å². The van der Waals surface area contributed by atoms with Gasteiger partial charge in [0, 0.05) is 22.5 Å². The highest BCUT2D eigenvalue weighted by atomic mass is 32.1. The molecule has 2 amide bonds. The summed E-state index contributed by atoms with van der Waals surface area (Å²) < 4.78 is 10.8. The standard InChI is InChI=1S/C27H28N2O4S/c1-32-18-13-14-22(33-2)21(16-18)28-26(30)24-19-10-5-6-11-20(19)27(31)29(17-8-3-4-9-17)25(24)23-12-7-15-34-23/h5-7,10-17,24-25H,3-4,8-9H2,1-2H3,(H,28,30)/t24-,25-/m1/s1. The second-order valence-corrected chi connectivity index (χ2v) is 9.71. The van der Waals surface area contributed by atoms with E-state index in [1.165, 1.54) is 0 Å². The number of thiophene rings is 1. The van der Waals surface area contributed by atoms with E-state index in [-0.39, 0.29) is 23.9 Å². The lowest BCUT2D eigenvalue weighted by molar-refractivity contribution is -0.119. The number of anilines is 1. The van der Waals surface area contributed by atoms with Crippen molar-refractivity contribution in [3.05, 3.63) is 76.0 Å². The van der Waals surface area contributed by atoms with Crippen molar-refractivity contribution in [2.45, 2.75) is 43.7 Å². The quantitative estimate of drug-likeness (QED) is 0.501. The van der Waals surface area contributed by atoms with Crippen LogP contribution in [0.1, 0.15) is 58.4 Å². The number of fused-ring (bicyclic) bond motifs is 1. The zero-order valence-corrected chi connectivity index (χ0v) is 20.1. The molecule has 1 aliphatic heterocycles. The zero-order valence-electron chi connectivity index (χ0n) is 19.3. The molecule has 0 bridgehead atoms. The van der Waals surface area contributed by atoms with Gasteiger partial charge in [0.2, 0.25) is 5.91 Å². The highest BCUT2D eigenvalue weighted by Gasteiger charge is 2.47. The van der Waals surface area contributed by atoms with Crippen molar-refractivity contribution in [1.82, 2.24) is 4.90 Å². The molecular weight excluding hydrogens is 448 g/mol. The highest BCUT2D eigenvalue weighted by molar-refractivity contribution is 7.10. The van der Waals surface area contributed by atoms with Gasteiger partial charge in [-0.25, -0.2) is 0 Å². The topological polar surface area (TPSA) is 67.9 Å². The summed E-state index contributed by atoms with van der Waals surface area (Å²) in [5, 5.41) is 5.09. The first kappa shape index (κ1) is 22.5. The Kier molecular flexibility index (Phi) is 6.28. The number of carbonyl (C=O) groups is 2. The van der Waals surface area contributed by atoms with Crippen molar-refractivity contribution < 1.29 is 19.1 Å². The lowest BCUT2D eigenvalue weighted by Gasteiger charge is -2.44. The predicted molar refractivity (Wildman–Crippen MR) is 133 cm³/mol. The van der Waals surface area contributed by atoms with Crippen LogP contribution in [0.4, 0.5) is 5.69 Å². The Hall–Kier alpha value is -3.32. The number of rotatable bonds is 6. The average Bonchev–Trinajstić information content (AvgIpc) is 3.58. The first-order valence-electron chi connectivity index (χ1n) is 11.6. The minimum atomic E-state index is -0.552. The molecule has 176 valence electrons. The summed E-state index contributed by atoms with van der Waals surface area (Å²) in [6.07, 6.45) is 4.14. The molecule has 0 unspecified atom stereocenters. The fraction of sp³-hybridized carbons (Fsp3) is 0.333. The van der Waals surface area contributed by atoms with Crippen LogP contribution in [-0.4, -0.2) is 37.0 Å². The molecule has 2 aliphatic rings. The van der Waals surface area contributed by atoms with Gasteiger partial charge in [-0.05, 0) is 48.1 Å². The largest absolute Gasteiger partial charge is 0.497 e. The predicted octanol–water partition coefficient (Wildman–Crippen LogP) is 5.63. The van der Waals surface area contributed by atoms with Gasteiger partial charge in [-0.3, -0.25) is 9.59 Å². The van der Waals surface area contributed by atoms with E-state index >= 15 is 0 Å². The maximum Gasteiger partial charge on any atom is 0.254 e. The molecule has 6 nitrogen and oxygen atoms in total. The van der Waals surface area contributed by atoms with Crippen LogP contribution in [0.5, 0.6) is 11.5 Å². The Labute approximate surface area is 203 Å². The Morgan fingerprint density at radius 1 is 1.03 bits per heavy atom. The van der Waals surface area contributed by atoms with Crippen LogP contribution in [0.3, 0.4) is 0 Å². The van der Waals surface area contributed by atoms with Gasteiger partial charge in [-0.2, -0.15) is 0 Å². The molecule has 1 saturated carbocycles. The molecule has 3 aromatic rings. The molecule has 7 heteroatoms. The molecule has 2 atom stereocenters. The van der Waals surface area contributed by atoms with Gasteiger partial charge in [-0.15, -0.1) is 11.3 Å². The molecule has 0 saturated heterocycles. The number of nitrogens with one attached hydrogen (secondary N) is 1. The number of hydrogen-bond donors (Lipinski definition) is 1. The second kappa shape index (κ2) is 9.50. The van der Waals surface area contributed by atoms with Gasteiger partial charge < -0.3 is 19.7 Å². The smallest absolute Gasteiger partial charge is 0.254 e. The second-order valence-electron chi connectivity index (χ2n) is 8.73. The summed E-state index contributed by atoms with van der Waals surface area (Å²) in [6, 6.07) is 16.6. The molecule has 34 heavy (non-hydrogen) atoms. The molecule has 1 N–H and O–H groups in total. The van der Waals surface area contributed by atoms with E-state index in [2.05, 4.69) is 5.32 Å². The highest BCUT2D eigenvalue weighted by Crippen LogP contribution is 2.47.